The van der Waals surface area contributed by atoms with Crippen molar-refractivity contribution in [3.05, 3.63) is 82.7 Å². The summed E-state index contributed by atoms with van der Waals surface area (Å²) < 4.78 is 40.9. The van der Waals surface area contributed by atoms with Gasteiger partial charge in [0.1, 0.15) is 12.3 Å². The number of fused-ring (bicyclic) bond motifs is 1. The molecule has 9 nitrogen and oxygen atoms in total. The fraction of sp³-hybridized carbons (Fsp3) is 0.222. The van der Waals surface area contributed by atoms with Crippen LogP contribution in [0.4, 0.5) is 5.69 Å². The number of carbonyl (C=O) groups is 2. The van der Waals surface area contributed by atoms with E-state index < -0.39 is 21.9 Å². The minimum Gasteiger partial charge on any atom is -0.494 e. The molecule has 11 heteroatoms. The molecule has 0 aliphatic carbocycles. The van der Waals surface area contributed by atoms with Gasteiger partial charge in [-0.2, -0.15) is 4.99 Å². The van der Waals surface area contributed by atoms with Gasteiger partial charge < -0.3 is 14.0 Å². The van der Waals surface area contributed by atoms with E-state index in [0.29, 0.717) is 22.8 Å². The molecule has 0 bridgehead atoms. The first kappa shape index (κ1) is 27.1. The van der Waals surface area contributed by atoms with Crippen LogP contribution in [-0.2, 0) is 26.1 Å². The predicted molar refractivity (Wildman–Crippen MR) is 146 cm³/mol. The van der Waals surface area contributed by atoms with Crippen molar-refractivity contribution in [3.63, 3.8) is 0 Å². The molecule has 0 aliphatic heterocycles. The van der Waals surface area contributed by atoms with Gasteiger partial charge in [-0.25, -0.2) is 8.42 Å². The highest BCUT2D eigenvalue weighted by Crippen LogP contribution is 2.24. The van der Waals surface area contributed by atoms with E-state index in [1.807, 2.05) is 26.0 Å². The SMILES string of the molecule is CCOC(=O)Cn1c(=NC(=O)c2ccc(NS(=O)(=O)c3ccc(C)cc3)cc2)sc2cc(OCC)ccc21. The number of carbonyl (C=O) groups excluding carboxylic acids is 2. The van der Waals surface area contributed by atoms with Crippen LogP contribution in [0.25, 0.3) is 10.2 Å². The first-order chi connectivity index (χ1) is 18.2. The van der Waals surface area contributed by atoms with Crippen LogP contribution >= 0.6 is 11.3 Å². The molecular weight excluding hydrogens is 526 g/mol. The van der Waals surface area contributed by atoms with Crippen molar-refractivity contribution in [3.8, 4) is 5.75 Å². The van der Waals surface area contributed by atoms with Crippen LogP contribution in [0.3, 0.4) is 0 Å². The third-order valence-electron chi connectivity index (χ3n) is 5.47. The van der Waals surface area contributed by atoms with Crippen molar-refractivity contribution < 1.29 is 27.5 Å². The minimum atomic E-state index is -3.77. The van der Waals surface area contributed by atoms with E-state index in [0.717, 1.165) is 15.8 Å². The second-order valence-corrected chi connectivity index (χ2v) is 10.9. The van der Waals surface area contributed by atoms with E-state index in [2.05, 4.69) is 9.71 Å². The van der Waals surface area contributed by atoms with Gasteiger partial charge in [0, 0.05) is 11.3 Å². The van der Waals surface area contributed by atoms with Crippen LogP contribution in [-0.4, -0.2) is 38.1 Å². The molecule has 0 radical (unpaired) electrons. The van der Waals surface area contributed by atoms with Crippen molar-refractivity contribution in [2.24, 2.45) is 4.99 Å². The molecule has 0 atom stereocenters. The highest BCUT2D eigenvalue weighted by Gasteiger charge is 2.16. The van der Waals surface area contributed by atoms with Crippen molar-refractivity contribution in [1.29, 1.82) is 0 Å². The van der Waals surface area contributed by atoms with Crippen LogP contribution in [0.2, 0.25) is 0 Å². The number of aryl methyl sites for hydroxylation is 1. The van der Waals surface area contributed by atoms with Crippen molar-refractivity contribution in [2.75, 3.05) is 17.9 Å². The fourth-order valence-corrected chi connectivity index (χ4v) is 5.76. The molecule has 38 heavy (non-hydrogen) atoms. The van der Waals surface area contributed by atoms with Crippen molar-refractivity contribution in [1.82, 2.24) is 4.57 Å². The Morgan fingerprint density at radius 3 is 2.34 bits per heavy atom. The Balaban J connectivity index is 1.62. The van der Waals surface area contributed by atoms with Crippen LogP contribution in [0, 0.1) is 6.92 Å². The summed E-state index contributed by atoms with van der Waals surface area (Å²) in [4.78, 5) is 30.0. The lowest BCUT2D eigenvalue weighted by Crippen LogP contribution is -2.23. The van der Waals surface area contributed by atoms with Crippen molar-refractivity contribution >= 4 is 49.1 Å². The number of ether oxygens (including phenoxy) is 2. The molecule has 4 rings (SSSR count). The number of hydrogen-bond donors (Lipinski definition) is 1. The van der Waals surface area contributed by atoms with Crippen molar-refractivity contribution in [2.45, 2.75) is 32.2 Å². The van der Waals surface area contributed by atoms with Crippen LogP contribution < -0.4 is 14.3 Å². The summed E-state index contributed by atoms with van der Waals surface area (Å²) in [6.07, 6.45) is 0. The number of sulfonamides is 1. The molecule has 0 spiro atoms. The maximum absolute atomic E-state index is 13.0. The number of esters is 1. The molecule has 1 heterocycles. The number of nitrogens with one attached hydrogen (secondary N) is 1. The predicted octanol–water partition coefficient (Wildman–Crippen LogP) is 4.51. The van der Waals surface area contributed by atoms with Gasteiger partial charge in [-0.15, -0.1) is 0 Å². The molecule has 0 saturated carbocycles. The molecule has 1 amide bonds. The minimum absolute atomic E-state index is 0.104. The average molecular weight is 554 g/mol. The molecule has 4 aromatic rings. The lowest BCUT2D eigenvalue weighted by Gasteiger charge is -2.08. The second kappa shape index (κ2) is 11.6. The average Bonchev–Trinajstić information content (AvgIpc) is 3.20. The number of amides is 1. The Bertz CT molecular complexity index is 1640. The van der Waals surface area contributed by atoms with Gasteiger partial charge in [-0.1, -0.05) is 29.0 Å². The summed E-state index contributed by atoms with van der Waals surface area (Å²) >= 11 is 1.25. The summed E-state index contributed by atoms with van der Waals surface area (Å²) in [5.74, 6) is -0.307. The number of hydrogen-bond acceptors (Lipinski definition) is 7. The Hall–Kier alpha value is -3.96. The standard InChI is InChI=1S/C27H27N3O6S2/c1-4-35-21-12-15-23-24(16-21)37-27(30(23)17-25(31)36-5-2)28-26(32)19-8-10-20(11-9-19)29-38(33,34)22-13-6-18(3)7-14-22/h6-16,29H,4-5,17H2,1-3H3. The Morgan fingerprint density at radius 2 is 1.68 bits per heavy atom. The Labute approximate surface area is 224 Å². The normalized spacial score (nSPS) is 11.9. The van der Waals surface area contributed by atoms with Gasteiger partial charge in [0.05, 0.1) is 28.3 Å². The zero-order valence-electron chi connectivity index (χ0n) is 21.1. The van der Waals surface area contributed by atoms with Gasteiger partial charge in [0.2, 0.25) is 0 Å². The summed E-state index contributed by atoms with van der Waals surface area (Å²) in [5, 5.41) is 0. The smallest absolute Gasteiger partial charge is 0.326 e. The highest BCUT2D eigenvalue weighted by molar-refractivity contribution is 7.92. The largest absolute Gasteiger partial charge is 0.494 e. The topological polar surface area (TPSA) is 116 Å². The number of anilines is 1. The number of thiazole rings is 1. The maximum Gasteiger partial charge on any atom is 0.326 e. The first-order valence-electron chi connectivity index (χ1n) is 11.9. The summed E-state index contributed by atoms with van der Waals surface area (Å²) in [6.45, 7) is 6.13. The van der Waals surface area contributed by atoms with E-state index in [-0.39, 0.29) is 23.6 Å². The number of benzene rings is 3. The van der Waals surface area contributed by atoms with Gasteiger partial charge in [0.15, 0.2) is 4.80 Å². The van der Waals surface area contributed by atoms with E-state index in [1.165, 1.54) is 47.7 Å². The summed E-state index contributed by atoms with van der Waals surface area (Å²) in [5.41, 5.74) is 2.25. The van der Waals surface area contributed by atoms with Crippen LogP contribution in [0.5, 0.6) is 5.75 Å². The van der Waals surface area contributed by atoms with E-state index in [1.54, 1.807) is 29.7 Å². The number of aromatic nitrogens is 1. The molecule has 1 aromatic heterocycles. The summed E-state index contributed by atoms with van der Waals surface area (Å²) in [6, 6.07) is 17.9. The highest BCUT2D eigenvalue weighted by atomic mass is 32.2. The quantitative estimate of drug-likeness (QED) is 0.305. The fourth-order valence-electron chi connectivity index (χ4n) is 3.65. The van der Waals surface area contributed by atoms with Gasteiger partial charge in [0.25, 0.3) is 15.9 Å². The van der Waals surface area contributed by atoms with Crippen LogP contribution in [0.15, 0.2) is 76.6 Å². The molecule has 3 aromatic carbocycles. The maximum atomic E-state index is 13.0. The number of nitrogens with zero attached hydrogens (tertiary/aromatic N) is 2. The second-order valence-electron chi connectivity index (χ2n) is 8.25. The van der Waals surface area contributed by atoms with Gasteiger partial charge >= 0.3 is 5.97 Å². The molecule has 0 aliphatic rings. The van der Waals surface area contributed by atoms with Gasteiger partial charge in [-0.3, -0.25) is 14.3 Å². The monoisotopic (exact) mass is 553 g/mol. The zero-order valence-corrected chi connectivity index (χ0v) is 22.8. The van der Waals surface area contributed by atoms with E-state index >= 15 is 0 Å². The van der Waals surface area contributed by atoms with Crippen LogP contribution in [0.1, 0.15) is 29.8 Å². The Kier molecular flexibility index (Phi) is 8.28. The molecule has 1 N–H and O–H groups in total. The summed E-state index contributed by atoms with van der Waals surface area (Å²) in [7, 11) is -3.77. The molecule has 198 valence electrons. The third-order valence-corrected chi connectivity index (χ3v) is 7.91. The molecular formula is C27H27N3O6S2. The molecule has 0 saturated heterocycles. The first-order valence-corrected chi connectivity index (χ1v) is 14.2. The lowest BCUT2D eigenvalue weighted by atomic mass is 10.2. The molecule has 0 unspecified atom stereocenters. The Morgan fingerprint density at radius 1 is 0.974 bits per heavy atom. The van der Waals surface area contributed by atoms with E-state index in [4.69, 9.17) is 9.47 Å². The zero-order chi connectivity index (χ0) is 27.3. The third kappa shape index (κ3) is 6.29. The molecule has 0 fully saturated rings. The lowest BCUT2D eigenvalue weighted by molar-refractivity contribution is -0.143. The van der Waals surface area contributed by atoms with E-state index in [9.17, 15) is 18.0 Å². The van der Waals surface area contributed by atoms with Gasteiger partial charge in [-0.05, 0) is 75.4 Å². The number of rotatable bonds is 9.